The van der Waals surface area contributed by atoms with Crippen LogP contribution in [0.25, 0.3) is 0 Å². The summed E-state index contributed by atoms with van der Waals surface area (Å²) in [6, 6.07) is 18.7. The van der Waals surface area contributed by atoms with Crippen molar-refractivity contribution >= 4 is 29.1 Å². The van der Waals surface area contributed by atoms with E-state index >= 15 is 0 Å². The molecule has 186 valence electrons. The number of unbranched alkanes of at least 4 members (excludes halogenated alkanes) is 2. The van der Waals surface area contributed by atoms with E-state index < -0.39 is 13.2 Å². The van der Waals surface area contributed by atoms with Crippen molar-refractivity contribution in [2.24, 2.45) is 0 Å². The summed E-state index contributed by atoms with van der Waals surface area (Å²) >= 11 is 0. The molecule has 0 saturated heterocycles. The van der Waals surface area contributed by atoms with E-state index in [2.05, 4.69) is 10.3 Å². The van der Waals surface area contributed by atoms with Gasteiger partial charge in [-0.25, -0.2) is 13.2 Å². The van der Waals surface area contributed by atoms with Gasteiger partial charge in [0.2, 0.25) is 0 Å². The number of aromatic nitrogens is 3. The van der Waals surface area contributed by atoms with E-state index in [0.29, 0.717) is 24.8 Å². The molecule has 5 nitrogen and oxygen atoms in total. The number of nitrogens with zero attached hydrogens (tertiary/aromatic N) is 3. The monoisotopic (exact) mass is 512 g/mol. The minimum absolute atomic E-state index is 0.141. The van der Waals surface area contributed by atoms with Gasteiger partial charge in [0.1, 0.15) is 52.5 Å². The first-order valence-corrected chi connectivity index (χ1v) is 13.6. The molecule has 4 rings (SSSR count). The number of aryl methyl sites for hydroxylation is 1. The first kappa shape index (κ1) is 25.6. The van der Waals surface area contributed by atoms with E-state index in [1.54, 1.807) is 41.1 Å². The van der Waals surface area contributed by atoms with E-state index in [-0.39, 0.29) is 23.9 Å². The minimum Gasteiger partial charge on any atom is -0.481 e. The maximum absolute atomic E-state index is 13.9. The summed E-state index contributed by atoms with van der Waals surface area (Å²) in [4.78, 5) is 10.7. The number of carboxylic acid groups (broad SMARTS) is 1. The Kier molecular flexibility index (Phi) is 8.16. The third-order valence-corrected chi connectivity index (χ3v) is 10.4. The zero-order valence-electron chi connectivity index (χ0n) is 19.5. The number of hydrogen-bond acceptors (Lipinski definition) is 3. The van der Waals surface area contributed by atoms with Crippen LogP contribution in [0.5, 0.6) is 0 Å². The Balaban J connectivity index is 1.72. The highest BCUT2D eigenvalue weighted by molar-refractivity contribution is 7.95. The van der Waals surface area contributed by atoms with Crippen molar-refractivity contribution in [3.05, 3.63) is 102 Å². The fourth-order valence-corrected chi connectivity index (χ4v) is 8.34. The van der Waals surface area contributed by atoms with Crippen LogP contribution in [0.15, 0.2) is 79.0 Å². The number of hydrogen-bond donors (Lipinski definition) is 1. The van der Waals surface area contributed by atoms with Gasteiger partial charge >= 0.3 is 5.97 Å². The number of benzene rings is 3. The molecule has 1 aromatic heterocycles. The van der Waals surface area contributed by atoms with Crippen LogP contribution >= 0.6 is 7.26 Å². The van der Waals surface area contributed by atoms with Gasteiger partial charge in [-0.05, 0) is 85.6 Å². The second-order valence-corrected chi connectivity index (χ2v) is 12.1. The van der Waals surface area contributed by atoms with Gasteiger partial charge in [-0.2, -0.15) is 0 Å². The number of carboxylic acids is 1. The molecule has 1 heterocycles. The zero-order chi connectivity index (χ0) is 25.5. The van der Waals surface area contributed by atoms with Crippen LogP contribution < -0.4 is 15.9 Å². The van der Waals surface area contributed by atoms with Gasteiger partial charge in [0.05, 0.1) is 6.20 Å². The van der Waals surface area contributed by atoms with Crippen molar-refractivity contribution in [2.45, 2.75) is 38.4 Å². The predicted octanol–water partition coefficient (Wildman–Crippen LogP) is 4.83. The van der Waals surface area contributed by atoms with Crippen molar-refractivity contribution in [1.82, 2.24) is 15.0 Å². The molecule has 0 aliphatic rings. The summed E-state index contributed by atoms with van der Waals surface area (Å²) in [6.07, 6.45) is 4.55. The van der Waals surface area contributed by atoms with Crippen LogP contribution in [0, 0.1) is 17.5 Å². The Hall–Kier alpha value is -3.51. The summed E-state index contributed by atoms with van der Waals surface area (Å²) in [5.74, 6) is -1.92. The quantitative estimate of drug-likeness (QED) is 0.231. The van der Waals surface area contributed by atoms with Crippen LogP contribution in [0.4, 0.5) is 13.2 Å². The second-order valence-electron chi connectivity index (χ2n) is 8.57. The lowest BCUT2D eigenvalue weighted by molar-refractivity contribution is -0.137. The molecule has 4 aromatic rings. The van der Waals surface area contributed by atoms with Gasteiger partial charge in [0.25, 0.3) is 0 Å². The second kappa shape index (κ2) is 11.5. The van der Waals surface area contributed by atoms with Crippen LogP contribution in [-0.4, -0.2) is 26.1 Å². The molecule has 0 atom stereocenters. The van der Waals surface area contributed by atoms with Gasteiger partial charge < -0.3 is 5.11 Å². The molecule has 0 aliphatic carbocycles. The third-order valence-electron chi connectivity index (χ3n) is 6.07. The lowest BCUT2D eigenvalue weighted by Crippen LogP contribution is -2.33. The SMILES string of the molecule is O=C(O)CCCCCn1cc(C[P+](c2ccc(F)cc2)(c2ccc(F)cc2)c2ccc(F)cc2)nn1. The molecule has 0 fully saturated rings. The lowest BCUT2D eigenvalue weighted by atomic mass is 10.2. The van der Waals surface area contributed by atoms with Crippen molar-refractivity contribution in [3.63, 3.8) is 0 Å². The summed E-state index contributed by atoms with van der Waals surface area (Å²) in [6.45, 7) is 0.599. The molecule has 0 bridgehead atoms. The standard InChI is InChI=1S/C27H25F3N3O2P/c28-20-5-11-24(12-6-20)36(25-13-7-21(29)8-14-25,26-15-9-22(30)10-16-26)19-23-18-33(32-31-23)17-3-1-2-4-27(34)35/h5-16,18H,1-4,17,19H2/p+1. The summed E-state index contributed by atoms with van der Waals surface area (Å²) in [5, 5.41) is 20.0. The Bertz CT molecular complexity index is 1180. The average molecular weight is 512 g/mol. The first-order chi connectivity index (χ1) is 17.4. The van der Waals surface area contributed by atoms with Gasteiger partial charge in [0.15, 0.2) is 0 Å². The van der Waals surface area contributed by atoms with Crippen LogP contribution in [0.1, 0.15) is 31.4 Å². The largest absolute Gasteiger partial charge is 0.481 e. The molecule has 1 N–H and O–H groups in total. The summed E-state index contributed by atoms with van der Waals surface area (Å²) < 4.78 is 43.4. The predicted molar refractivity (Wildman–Crippen MR) is 135 cm³/mol. The Morgan fingerprint density at radius 3 is 1.67 bits per heavy atom. The molecule has 0 aliphatic heterocycles. The van der Waals surface area contributed by atoms with E-state index in [0.717, 1.165) is 28.8 Å². The number of aliphatic carboxylic acids is 1. The Morgan fingerprint density at radius 1 is 0.750 bits per heavy atom. The summed E-state index contributed by atoms with van der Waals surface area (Å²) in [7, 11) is -2.55. The maximum Gasteiger partial charge on any atom is 0.303 e. The highest BCUT2D eigenvalue weighted by Crippen LogP contribution is 2.58. The van der Waals surface area contributed by atoms with E-state index in [1.807, 2.05) is 6.20 Å². The molecular weight excluding hydrogens is 486 g/mol. The number of halogens is 3. The maximum atomic E-state index is 13.9. The number of rotatable bonds is 11. The molecule has 0 radical (unpaired) electrons. The molecule has 36 heavy (non-hydrogen) atoms. The van der Waals surface area contributed by atoms with Gasteiger partial charge in [-0.3, -0.25) is 9.48 Å². The van der Waals surface area contributed by atoms with E-state index in [9.17, 15) is 18.0 Å². The molecule has 0 spiro atoms. The normalized spacial score (nSPS) is 11.5. The fourth-order valence-electron chi connectivity index (χ4n) is 4.30. The van der Waals surface area contributed by atoms with Gasteiger partial charge in [-0.1, -0.05) is 11.6 Å². The van der Waals surface area contributed by atoms with Crippen molar-refractivity contribution < 1.29 is 23.1 Å². The Labute approximate surface area is 207 Å². The molecule has 0 unspecified atom stereocenters. The van der Waals surface area contributed by atoms with Gasteiger partial charge in [-0.15, -0.1) is 5.10 Å². The van der Waals surface area contributed by atoms with Crippen LogP contribution in [0.2, 0.25) is 0 Å². The summed E-state index contributed by atoms with van der Waals surface area (Å²) in [5.41, 5.74) is 0.701. The molecule has 0 amide bonds. The first-order valence-electron chi connectivity index (χ1n) is 11.6. The number of carbonyl (C=O) groups is 1. The van der Waals surface area contributed by atoms with Crippen LogP contribution in [-0.2, 0) is 17.5 Å². The van der Waals surface area contributed by atoms with Crippen molar-refractivity contribution in [2.75, 3.05) is 0 Å². The lowest BCUT2D eigenvalue weighted by Gasteiger charge is -2.27. The molecule has 3 aromatic carbocycles. The van der Waals surface area contributed by atoms with E-state index in [1.165, 1.54) is 36.4 Å². The zero-order valence-corrected chi connectivity index (χ0v) is 20.4. The molecular formula is C27H26F3N3O2P+. The highest BCUT2D eigenvalue weighted by atomic mass is 31.2. The Morgan fingerprint density at radius 2 is 1.22 bits per heavy atom. The topological polar surface area (TPSA) is 68.0 Å². The fraction of sp³-hybridized carbons (Fsp3) is 0.222. The van der Waals surface area contributed by atoms with Gasteiger partial charge in [0, 0.05) is 13.0 Å². The molecule has 9 heteroatoms. The minimum atomic E-state index is -2.55. The van der Waals surface area contributed by atoms with E-state index in [4.69, 9.17) is 5.11 Å². The third kappa shape index (κ3) is 6.00. The molecule has 0 saturated carbocycles. The highest BCUT2D eigenvalue weighted by Gasteiger charge is 2.46. The van der Waals surface area contributed by atoms with Crippen molar-refractivity contribution in [3.8, 4) is 0 Å². The smallest absolute Gasteiger partial charge is 0.303 e. The van der Waals surface area contributed by atoms with Crippen molar-refractivity contribution in [1.29, 1.82) is 0 Å². The average Bonchev–Trinajstić information content (AvgIpc) is 3.31. The van der Waals surface area contributed by atoms with Crippen LogP contribution in [0.3, 0.4) is 0 Å².